The fourth-order valence-corrected chi connectivity index (χ4v) is 1.15. The second kappa shape index (κ2) is 4.40. The number of amides is 1. The minimum atomic E-state index is -0.0950. The molecule has 3 nitrogen and oxygen atoms in total. The molecular formula is C10H19NO2. The minimum absolute atomic E-state index is 0.0204. The highest BCUT2D eigenvalue weighted by atomic mass is 16.2. The molecule has 0 aromatic rings. The van der Waals surface area contributed by atoms with Gasteiger partial charge in [0.15, 0.2) is 0 Å². The first-order valence-corrected chi connectivity index (χ1v) is 4.46. The molecular weight excluding hydrogens is 166 g/mol. The Morgan fingerprint density at radius 2 is 1.69 bits per heavy atom. The van der Waals surface area contributed by atoms with Crippen molar-refractivity contribution in [2.75, 3.05) is 13.6 Å². The van der Waals surface area contributed by atoms with E-state index in [0.29, 0.717) is 6.54 Å². The van der Waals surface area contributed by atoms with Gasteiger partial charge in [-0.3, -0.25) is 9.59 Å². The molecule has 0 aromatic heterocycles. The van der Waals surface area contributed by atoms with Gasteiger partial charge in [-0.2, -0.15) is 0 Å². The predicted molar refractivity (Wildman–Crippen MR) is 52.4 cm³/mol. The molecule has 0 aromatic carbocycles. The van der Waals surface area contributed by atoms with Crippen LogP contribution in [-0.4, -0.2) is 30.2 Å². The molecule has 76 valence electrons. The van der Waals surface area contributed by atoms with E-state index in [0.717, 1.165) is 0 Å². The molecule has 0 fully saturated rings. The van der Waals surface area contributed by atoms with Crippen molar-refractivity contribution in [3.63, 3.8) is 0 Å². The number of Topliss-reactive ketones (excluding diaryl/α,β-unsaturated/α-hetero) is 1. The third kappa shape index (κ3) is 6.31. The molecule has 0 aliphatic rings. The number of nitrogens with zero attached hydrogens (tertiary/aromatic N) is 1. The third-order valence-corrected chi connectivity index (χ3v) is 1.54. The average Bonchev–Trinajstić information content (AvgIpc) is 1.81. The fraction of sp³-hybridized carbons (Fsp3) is 0.800. The number of hydrogen-bond acceptors (Lipinski definition) is 2. The lowest BCUT2D eigenvalue weighted by Crippen LogP contribution is -2.35. The Kier molecular flexibility index (Phi) is 4.11. The van der Waals surface area contributed by atoms with Crippen LogP contribution < -0.4 is 0 Å². The first-order chi connectivity index (χ1) is 5.72. The summed E-state index contributed by atoms with van der Waals surface area (Å²) in [6.45, 7) is 8.29. The molecule has 13 heavy (non-hydrogen) atoms. The van der Waals surface area contributed by atoms with Crippen molar-refractivity contribution in [1.82, 2.24) is 4.90 Å². The van der Waals surface area contributed by atoms with Gasteiger partial charge in [0.25, 0.3) is 0 Å². The molecule has 0 spiro atoms. The standard InChI is InChI=1S/C10H19NO2/c1-8(12)6-9(13)11(5)7-10(2,3)4/h6-7H2,1-5H3. The van der Waals surface area contributed by atoms with Gasteiger partial charge in [-0.1, -0.05) is 20.8 Å². The maximum absolute atomic E-state index is 11.3. The smallest absolute Gasteiger partial charge is 0.229 e. The van der Waals surface area contributed by atoms with E-state index in [-0.39, 0.29) is 23.5 Å². The van der Waals surface area contributed by atoms with Crippen molar-refractivity contribution in [2.24, 2.45) is 5.41 Å². The lowest BCUT2D eigenvalue weighted by atomic mass is 9.96. The minimum Gasteiger partial charge on any atom is -0.345 e. The zero-order valence-electron chi connectivity index (χ0n) is 9.18. The van der Waals surface area contributed by atoms with Crippen LogP contribution in [0.1, 0.15) is 34.1 Å². The van der Waals surface area contributed by atoms with E-state index in [4.69, 9.17) is 0 Å². The van der Waals surface area contributed by atoms with E-state index in [9.17, 15) is 9.59 Å². The van der Waals surface area contributed by atoms with Crippen LogP contribution in [0.3, 0.4) is 0 Å². The molecule has 0 atom stereocenters. The van der Waals surface area contributed by atoms with Crippen molar-refractivity contribution in [3.8, 4) is 0 Å². The Balaban J connectivity index is 4.04. The molecule has 0 unspecified atom stereocenters. The van der Waals surface area contributed by atoms with Crippen LogP contribution in [0.2, 0.25) is 0 Å². The summed E-state index contributed by atoms with van der Waals surface area (Å²) in [4.78, 5) is 23.6. The van der Waals surface area contributed by atoms with Crippen molar-refractivity contribution in [2.45, 2.75) is 34.1 Å². The van der Waals surface area contributed by atoms with Gasteiger partial charge >= 0.3 is 0 Å². The normalized spacial score (nSPS) is 11.2. The van der Waals surface area contributed by atoms with E-state index in [1.807, 2.05) is 0 Å². The van der Waals surface area contributed by atoms with E-state index < -0.39 is 0 Å². The Bertz CT molecular complexity index is 203. The Labute approximate surface area is 80.1 Å². The predicted octanol–water partition coefficient (Wildman–Crippen LogP) is 1.47. The third-order valence-electron chi connectivity index (χ3n) is 1.54. The van der Waals surface area contributed by atoms with Gasteiger partial charge < -0.3 is 4.90 Å². The largest absolute Gasteiger partial charge is 0.345 e. The quantitative estimate of drug-likeness (QED) is 0.624. The highest BCUT2D eigenvalue weighted by Crippen LogP contribution is 2.14. The zero-order chi connectivity index (χ0) is 10.6. The second-order valence-corrected chi connectivity index (χ2v) is 4.69. The molecule has 0 N–H and O–H groups in total. The van der Waals surface area contributed by atoms with Gasteiger partial charge in [0.2, 0.25) is 5.91 Å². The lowest BCUT2D eigenvalue weighted by molar-refractivity contribution is -0.134. The molecule has 0 aliphatic heterocycles. The van der Waals surface area contributed by atoms with Crippen LogP contribution in [0.4, 0.5) is 0 Å². The van der Waals surface area contributed by atoms with Gasteiger partial charge in [-0.05, 0) is 12.3 Å². The summed E-state index contributed by atoms with van der Waals surface area (Å²) < 4.78 is 0. The zero-order valence-corrected chi connectivity index (χ0v) is 9.18. The van der Waals surface area contributed by atoms with Crippen LogP contribution in [0, 0.1) is 5.41 Å². The Morgan fingerprint density at radius 1 is 1.23 bits per heavy atom. The second-order valence-electron chi connectivity index (χ2n) is 4.69. The summed E-state index contributed by atoms with van der Waals surface area (Å²) in [5, 5.41) is 0. The number of carbonyl (C=O) groups excluding carboxylic acids is 2. The number of rotatable bonds is 3. The average molecular weight is 185 g/mol. The van der Waals surface area contributed by atoms with Gasteiger partial charge in [0, 0.05) is 13.6 Å². The molecule has 0 aliphatic carbocycles. The summed E-state index contributed by atoms with van der Waals surface area (Å²) in [6.07, 6.45) is 0.0204. The maximum Gasteiger partial charge on any atom is 0.229 e. The number of ketones is 1. The van der Waals surface area contributed by atoms with E-state index in [1.54, 1.807) is 11.9 Å². The molecule has 1 amide bonds. The summed E-state index contributed by atoms with van der Waals surface area (Å²) >= 11 is 0. The lowest BCUT2D eigenvalue weighted by Gasteiger charge is -2.26. The number of carbonyl (C=O) groups is 2. The molecule has 0 bridgehead atoms. The molecule has 0 saturated carbocycles. The molecule has 3 heteroatoms. The molecule has 0 heterocycles. The van der Waals surface area contributed by atoms with Gasteiger partial charge in [0.1, 0.15) is 5.78 Å². The first kappa shape index (κ1) is 12.1. The van der Waals surface area contributed by atoms with E-state index in [1.165, 1.54) is 6.92 Å². The van der Waals surface area contributed by atoms with Crippen LogP contribution in [0.15, 0.2) is 0 Å². The summed E-state index contributed by atoms with van der Waals surface area (Å²) in [7, 11) is 1.73. The van der Waals surface area contributed by atoms with Crippen LogP contribution in [0.5, 0.6) is 0 Å². The number of hydrogen-bond donors (Lipinski definition) is 0. The maximum atomic E-state index is 11.3. The van der Waals surface area contributed by atoms with Crippen molar-refractivity contribution >= 4 is 11.7 Å². The monoisotopic (exact) mass is 185 g/mol. The van der Waals surface area contributed by atoms with Crippen LogP contribution >= 0.6 is 0 Å². The van der Waals surface area contributed by atoms with E-state index >= 15 is 0 Å². The summed E-state index contributed by atoms with van der Waals surface area (Å²) in [5.41, 5.74) is 0.0845. The topological polar surface area (TPSA) is 37.4 Å². The molecule has 0 rings (SSSR count). The van der Waals surface area contributed by atoms with Crippen molar-refractivity contribution < 1.29 is 9.59 Å². The van der Waals surface area contributed by atoms with Crippen LogP contribution in [0.25, 0.3) is 0 Å². The molecule has 0 radical (unpaired) electrons. The van der Waals surface area contributed by atoms with Crippen LogP contribution in [-0.2, 0) is 9.59 Å². The van der Waals surface area contributed by atoms with Crippen molar-refractivity contribution in [1.29, 1.82) is 0 Å². The summed E-state index contributed by atoms with van der Waals surface area (Å²) in [5.74, 6) is -0.173. The first-order valence-electron chi connectivity index (χ1n) is 4.46. The van der Waals surface area contributed by atoms with Gasteiger partial charge in [-0.25, -0.2) is 0 Å². The van der Waals surface area contributed by atoms with E-state index in [2.05, 4.69) is 20.8 Å². The fourth-order valence-electron chi connectivity index (χ4n) is 1.15. The summed E-state index contributed by atoms with van der Waals surface area (Å²) in [6, 6.07) is 0. The molecule has 0 saturated heterocycles. The Morgan fingerprint density at radius 3 is 2.00 bits per heavy atom. The highest BCUT2D eigenvalue weighted by molar-refractivity contribution is 5.96. The van der Waals surface area contributed by atoms with Gasteiger partial charge in [0.05, 0.1) is 6.42 Å². The van der Waals surface area contributed by atoms with Gasteiger partial charge in [-0.15, -0.1) is 0 Å². The van der Waals surface area contributed by atoms with Crippen molar-refractivity contribution in [3.05, 3.63) is 0 Å². The SMILES string of the molecule is CC(=O)CC(=O)N(C)CC(C)(C)C. The Hall–Kier alpha value is -0.860. The highest BCUT2D eigenvalue weighted by Gasteiger charge is 2.18.